The number of anilines is 1. The molecule has 0 atom stereocenters. The highest BCUT2D eigenvalue weighted by molar-refractivity contribution is 5.97. The van der Waals surface area contributed by atoms with E-state index < -0.39 is 0 Å². The molecule has 5 nitrogen and oxygen atoms in total. The van der Waals surface area contributed by atoms with Crippen molar-refractivity contribution in [3.63, 3.8) is 0 Å². The summed E-state index contributed by atoms with van der Waals surface area (Å²) in [6.07, 6.45) is 2.47. The summed E-state index contributed by atoms with van der Waals surface area (Å²) in [5.74, 6) is 0.859. The van der Waals surface area contributed by atoms with Crippen LogP contribution in [0.3, 0.4) is 0 Å². The van der Waals surface area contributed by atoms with Gasteiger partial charge in [-0.2, -0.15) is 0 Å². The number of carbonyl (C=O) groups excluding carboxylic acids is 2. The molecule has 0 aliphatic carbocycles. The summed E-state index contributed by atoms with van der Waals surface area (Å²) in [4.78, 5) is 25.8. The number of amides is 2. The third-order valence-electron chi connectivity index (χ3n) is 4.36. The molecule has 1 saturated heterocycles. The summed E-state index contributed by atoms with van der Waals surface area (Å²) < 4.78 is 5.55. The van der Waals surface area contributed by atoms with E-state index in [-0.39, 0.29) is 11.8 Å². The van der Waals surface area contributed by atoms with Gasteiger partial charge in [0, 0.05) is 30.8 Å². The maximum atomic E-state index is 12.3. The highest BCUT2D eigenvalue weighted by Gasteiger charge is 2.21. The Morgan fingerprint density at radius 3 is 2.46 bits per heavy atom. The van der Waals surface area contributed by atoms with Crippen LogP contribution in [0.5, 0.6) is 5.75 Å². The van der Waals surface area contributed by atoms with Gasteiger partial charge in [-0.15, -0.1) is 0 Å². The van der Waals surface area contributed by atoms with Gasteiger partial charge >= 0.3 is 0 Å². The number of rotatable bonds is 7. The van der Waals surface area contributed by atoms with E-state index in [1.807, 2.05) is 36.4 Å². The molecule has 26 heavy (non-hydrogen) atoms. The highest BCUT2D eigenvalue weighted by atomic mass is 16.5. The third-order valence-corrected chi connectivity index (χ3v) is 4.36. The summed E-state index contributed by atoms with van der Waals surface area (Å²) in [5, 5.41) is 2.92. The van der Waals surface area contributed by atoms with Crippen molar-refractivity contribution in [3.05, 3.63) is 59.7 Å². The van der Waals surface area contributed by atoms with Crippen LogP contribution in [0.2, 0.25) is 0 Å². The molecule has 0 spiro atoms. The fourth-order valence-electron chi connectivity index (χ4n) is 2.92. The van der Waals surface area contributed by atoms with Gasteiger partial charge in [0.15, 0.2) is 0 Å². The molecule has 1 N–H and O–H groups in total. The van der Waals surface area contributed by atoms with Crippen LogP contribution in [-0.4, -0.2) is 25.0 Å². The Labute approximate surface area is 154 Å². The molecule has 1 aliphatic rings. The second-order valence-electron chi connectivity index (χ2n) is 6.37. The van der Waals surface area contributed by atoms with Crippen molar-refractivity contribution in [2.24, 2.45) is 0 Å². The Balaban J connectivity index is 1.54. The van der Waals surface area contributed by atoms with Crippen molar-refractivity contribution >= 4 is 17.5 Å². The van der Waals surface area contributed by atoms with Crippen molar-refractivity contribution in [2.45, 2.75) is 32.7 Å². The second kappa shape index (κ2) is 8.52. The number of carbonyl (C=O) groups is 2. The highest BCUT2D eigenvalue weighted by Crippen LogP contribution is 2.21. The quantitative estimate of drug-likeness (QED) is 0.829. The van der Waals surface area contributed by atoms with Crippen molar-refractivity contribution in [3.8, 4) is 5.75 Å². The van der Waals surface area contributed by atoms with Gasteiger partial charge in [0.05, 0.1) is 6.61 Å². The largest absolute Gasteiger partial charge is 0.494 e. The number of ether oxygens (including phenoxy) is 1. The topological polar surface area (TPSA) is 58.6 Å². The number of nitrogens with one attached hydrogen (secondary N) is 1. The summed E-state index contributed by atoms with van der Waals surface area (Å²) in [6, 6.07) is 14.9. The molecule has 5 heteroatoms. The molecule has 2 aromatic rings. The van der Waals surface area contributed by atoms with Crippen molar-refractivity contribution in [1.82, 2.24) is 5.32 Å². The minimum atomic E-state index is -0.129. The predicted molar refractivity (Wildman–Crippen MR) is 101 cm³/mol. The van der Waals surface area contributed by atoms with Crippen LogP contribution in [0.1, 0.15) is 42.1 Å². The maximum Gasteiger partial charge on any atom is 0.251 e. The fourth-order valence-corrected chi connectivity index (χ4v) is 2.92. The minimum Gasteiger partial charge on any atom is -0.494 e. The molecule has 1 heterocycles. The van der Waals surface area contributed by atoms with Gasteiger partial charge in [-0.05, 0) is 54.8 Å². The van der Waals surface area contributed by atoms with Gasteiger partial charge in [0.1, 0.15) is 5.75 Å². The third kappa shape index (κ3) is 4.42. The lowest BCUT2D eigenvalue weighted by molar-refractivity contribution is -0.117. The number of nitrogens with zero attached hydrogens (tertiary/aromatic N) is 1. The molecule has 1 fully saturated rings. The Kier molecular flexibility index (Phi) is 5.89. The maximum absolute atomic E-state index is 12.3. The summed E-state index contributed by atoms with van der Waals surface area (Å²) in [6.45, 7) is 3.98. The van der Waals surface area contributed by atoms with Gasteiger partial charge < -0.3 is 15.0 Å². The van der Waals surface area contributed by atoms with E-state index in [0.29, 0.717) is 25.1 Å². The molecule has 2 amide bonds. The molecule has 1 aliphatic heterocycles. The zero-order chi connectivity index (χ0) is 18.4. The van der Waals surface area contributed by atoms with Crippen LogP contribution in [0.15, 0.2) is 48.5 Å². The van der Waals surface area contributed by atoms with Gasteiger partial charge in [0.2, 0.25) is 5.91 Å². The fraction of sp³-hybridized carbons (Fsp3) is 0.333. The van der Waals surface area contributed by atoms with Crippen molar-refractivity contribution < 1.29 is 14.3 Å². The zero-order valence-corrected chi connectivity index (χ0v) is 15.0. The molecule has 0 radical (unpaired) electrons. The SMILES string of the molecule is CCCOc1ccc(CNC(=O)c2ccc(N3CCCC3=O)cc2)cc1. The molecule has 0 saturated carbocycles. The monoisotopic (exact) mass is 352 g/mol. The number of hydrogen-bond donors (Lipinski definition) is 1. The average molecular weight is 352 g/mol. The van der Waals surface area contributed by atoms with E-state index in [1.165, 1.54) is 0 Å². The van der Waals surface area contributed by atoms with E-state index in [0.717, 1.165) is 36.4 Å². The van der Waals surface area contributed by atoms with Crippen molar-refractivity contribution in [1.29, 1.82) is 0 Å². The van der Waals surface area contributed by atoms with Gasteiger partial charge in [-0.1, -0.05) is 19.1 Å². The van der Waals surface area contributed by atoms with Crippen LogP contribution in [0, 0.1) is 0 Å². The first-order valence-corrected chi connectivity index (χ1v) is 9.07. The lowest BCUT2D eigenvalue weighted by Gasteiger charge is -2.15. The molecule has 0 bridgehead atoms. The number of hydrogen-bond acceptors (Lipinski definition) is 3. The summed E-state index contributed by atoms with van der Waals surface area (Å²) >= 11 is 0. The van der Waals surface area contributed by atoms with Gasteiger partial charge in [0.25, 0.3) is 5.91 Å². The zero-order valence-electron chi connectivity index (χ0n) is 15.0. The predicted octanol–water partition coefficient (Wildman–Crippen LogP) is 3.53. The van der Waals surface area contributed by atoms with Gasteiger partial charge in [-0.25, -0.2) is 0 Å². The Hall–Kier alpha value is -2.82. The minimum absolute atomic E-state index is 0.129. The Bertz CT molecular complexity index is 754. The van der Waals surface area contributed by atoms with Crippen LogP contribution in [0.4, 0.5) is 5.69 Å². The average Bonchev–Trinajstić information content (AvgIpc) is 3.11. The first kappa shape index (κ1) is 18.0. The first-order chi connectivity index (χ1) is 12.7. The Morgan fingerprint density at radius 2 is 1.85 bits per heavy atom. The summed E-state index contributed by atoms with van der Waals surface area (Å²) in [5.41, 5.74) is 2.46. The smallest absolute Gasteiger partial charge is 0.251 e. The molecule has 2 aromatic carbocycles. The number of benzene rings is 2. The molecule has 0 aromatic heterocycles. The van der Waals surface area contributed by atoms with E-state index in [9.17, 15) is 9.59 Å². The molecule has 3 rings (SSSR count). The normalized spacial score (nSPS) is 13.7. The lowest BCUT2D eigenvalue weighted by atomic mass is 10.1. The summed E-state index contributed by atoms with van der Waals surface area (Å²) in [7, 11) is 0. The molecular formula is C21H24N2O3. The molecular weight excluding hydrogens is 328 g/mol. The second-order valence-corrected chi connectivity index (χ2v) is 6.37. The van der Waals surface area contributed by atoms with Gasteiger partial charge in [-0.3, -0.25) is 9.59 Å². The van der Waals surface area contributed by atoms with E-state index in [2.05, 4.69) is 12.2 Å². The van der Waals surface area contributed by atoms with E-state index in [1.54, 1.807) is 17.0 Å². The standard InChI is InChI=1S/C21H24N2O3/c1-2-14-26-19-11-5-16(6-12-19)15-22-21(25)17-7-9-18(10-8-17)23-13-3-4-20(23)24/h5-12H,2-4,13-15H2,1H3,(H,22,25). The van der Waals surface area contributed by atoms with Crippen LogP contribution in [0.25, 0.3) is 0 Å². The Morgan fingerprint density at radius 1 is 1.12 bits per heavy atom. The van der Waals surface area contributed by atoms with Crippen LogP contribution in [-0.2, 0) is 11.3 Å². The first-order valence-electron chi connectivity index (χ1n) is 9.07. The molecule has 136 valence electrons. The molecule has 0 unspecified atom stereocenters. The van der Waals surface area contributed by atoms with Crippen LogP contribution < -0.4 is 15.0 Å². The lowest BCUT2D eigenvalue weighted by Crippen LogP contribution is -2.24. The van der Waals surface area contributed by atoms with E-state index in [4.69, 9.17) is 4.74 Å². The van der Waals surface area contributed by atoms with Crippen LogP contribution >= 0.6 is 0 Å². The van der Waals surface area contributed by atoms with E-state index >= 15 is 0 Å². The van der Waals surface area contributed by atoms with Crippen molar-refractivity contribution in [2.75, 3.05) is 18.1 Å².